The SMILES string of the molecule is CCOc1ccc(NC(=O)CSc2nnc(COc3cccc(C(F)(F)F)c3)n2C)cc1. The molecule has 0 aliphatic rings. The van der Waals surface area contributed by atoms with Gasteiger partial charge in [0.25, 0.3) is 0 Å². The summed E-state index contributed by atoms with van der Waals surface area (Å²) in [7, 11) is 1.69. The van der Waals surface area contributed by atoms with Crippen molar-refractivity contribution in [1.82, 2.24) is 14.8 Å². The Bertz CT molecular complexity index is 1060. The average molecular weight is 466 g/mol. The van der Waals surface area contributed by atoms with Crippen LogP contribution in [0.3, 0.4) is 0 Å². The van der Waals surface area contributed by atoms with Gasteiger partial charge in [-0.05, 0) is 49.4 Å². The number of alkyl halides is 3. The molecule has 1 aromatic heterocycles. The molecule has 0 spiro atoms. The molecule has 32 heavy (non-hydrogen) atoms. The lowest BCUT2D eigenvalue weighted by Gasteiger charge is -2.10. The van der Waals surface area contributed by atoms with E-state index in [2.05, 4.69) is 15.5 Å². The van der Waals surface area contributed by atoms with Crippen LogP contribution in [0.25, 0.3) is 0 Å². The minimum atomic E-state index is -4.44. The van der Waals surface area contributed by atoms with Gasteiger partial charge in [0.2, 0.25) is 5.91 Å². The minimum Gasteiger partial charge on any atom is -0.494 e. The molecule has 3 aromatic rings. The van der Waals surface area contributed by atoms with Crippen LogP contribution in [0.1, 0.15) is 18.3 Å². The first kappa shape index (κ1) is 23.5. The van der Waals surface area contributed by atoms with Crippen LogP contribution in [-0.4, -0.2) is 33.0 Å². The van der Waals surface area contributed by atoms with E-state index in [1.165, 1.54) is 23.9 Å². The summed E-state index contributed by atoms with van der Waals surface area (Å²) < 4.78 is 50.9. The fourth-order valence-electron chi connectivity index (χ4n) is 2.63. The maximum Gasteiger partial charge on any atom is 0.416 e. The molecule has 0 saturated heterocycles. The van der Waals surface area contributed by atoms with E-state index in [1.54, 1.807) is 35.9 Å². The van der Waals surface area contributed by atoms with E-state index in [0.717, 1.165) is 17.9 Å². The third-order valence-corrected chi connectivity index (χ3v) is 5.26. The second-order valence-corrected chi connectivity index (χ2v) is 7.51. The zero-order chi connectivity index (χ0) is 23.1. The summed E-state index contributed by atoms with van der Waals surface area (Å²) in [6, 6.07) is 11.7. The fourth-order valence-corrected chi connectivity index (χ4v) is 3.36. The summed E-state index contributed by atoms with van der Waals surface area (Å²) in [5.74, 6) is 1.10. The van der Waals surface area contributed by atoms with Crippen molar-refractivity contribution in [2.24, 2.45) is 7.05 Å². The van der Waals surface area contributed by atoms with Crippen LogP contribution in [0.4, 0.5) is 18.9 Å². The number of hydrogen-bond acceptors (Lipinski definition) is 6. The number of carbonyl (C=O) groups is 1. The molecule has 3 rings (SSSR count). The third-order valence-electron chi connectivity index (χ3n) is 4.24. The highest BCUT2D eigenvalue weighted by Gasteiger charge is 2.30. The van der Waals surface area contributed by atoms with Gasteiger partial charge in [-0.3, -0.25) is 4.79 Å². The van der Waals surface area contributed by atoms with E-state index >= 15 is 0 Å². The normalized spacial score (nSPS) is 11.3. The number of ether oxygens (including phenoxy) is 2. The van der Waals surface area contributed by atoms with Gasteiger partial charge in [0.1, 0.15) is 18.1 Å². The Kier molecular flexibility index (Phi) is 7.62. The van der Waals surface area contributed by atoms with Crippen LogP contribution < -0.4 is 14.8 Å². The molecule has 170 valence electrons. The first-order valence-electron chi connectivity index (χ1n) is 9.60. The molecule has 1 N–H and O–H groups in total. The summed E-state index contributed by atoms with van der Waals surface area (Å²) in [5, 5.41) is 11.3. The second kappa shape index (κ2) is 10.4. The van der Waals surface area contributed by atoms with Gasteiger partial charge >= 0.3 is 6.18 Å². The number of hydrogen-bond donors (Lipinski definition) is 1. The molecular weight excluding hydrogens is 445 g/mol. The fraction of sp³-hybridized carbons (Fsp3) is 0.286. The maximum atomic E-state index is 12.8. The van der Waals surface area contributed by atoms with Crippen LogP contribution in [-0.2, 0) is 24.6 Å². The lowest BCUT2D eigenvalue weighted by Crippen LogP contribution is -2.14. The number of thioether (sulfide) groups is 1. The molecule has 1 amide bonds. The van der Waals surface area contributed by atoms with E-state index in [-0.39, 0.29) is 24.0 Å². The molecule has 0 bridgehead atoms. The highest BCUT2D eigenvalue weighted by Crippen LogP contribution is 2.31. The Morgan fingerprint density at radius 2 is 1.84 bits per heavy atom. The van der Waals surface area contributed by atoms with E-state index in [0.29, 0.717) is 23.3 Å². The molecule has 11 heteroatoms. The first-order valence-corrected chi connectivity index (χ1v) is 10.6. The molecule has 0 fully saturated rings. The Labute approximate surface area is 186 Å². The molecule has 0 atom stereocenters. The zero-order valence-electron chi connectivity index (χ0n) is 17.3. The van der Waals surface area contributed by atoms with Gasteiger partial charge in [0, 0.05) is 12.7 Å². The number of nitrogens with zero attached hydrogens (tertiary/aromatic N) is 3. The van der Waals surface area contributed by atoms with Crippen LogP contribution in [0.5, 0.6) is 11.5 Å². The van der Waals surface area contributed by atoms with Gasteiger partial charge in [0.05, 0.1) is 17.9 Å². The summed E-state index contributed by atoms with van der Waals surface area (Å²) in [6.07, 6.45) is -4.44. The highest BCUT2D eigenvalue weighted by molar-refractivity contribution is 7.99. The van der Waals surface area contributed by atoms with Gasteiger partial charge < -0.3 is 19.4 Å². The first-order chi connectivity index (χ1) is 15.3. The number of anilines is 1. The Morgan fingerprint density at radius 3 is 2.53 bits per heavy atom. The smallest absolute Gasteiger partial charge is 0.416 e. The van der Waals surface area contributed by atoms with Gasteiger partial charge in [-0.1, -0.05) is 17.8 Å². The van der Waals surface area contributed by atoms with E-state index < -0.39 is 11.7 Å². The van der Waals surface area contributed by atoms with Crippen LogP contribution in [0.2, 0.25) is 0 Å². The van der Waals surface area contributed by atoms with Crippen molar-refractivity contribution >= 4 is 23.4 Å². The molecule has 1 heterocycles. The van der Waals surface area contributed by atoms with Gasteiger partial charge in [-0.2, -0.15) is 13.2 Å². The van der Waals surface area contributed by atoms with Crippen LogP contribution in [0.15, 0.2) is 53.7 Å². The monoisotopic (exact) mass is 466 g/mol. The maximum absolute atomic E-state index is 12.8. The number of nitrogens with one attached hydrogen (secondary N) is 1. The van der Waals surface area contributed by atoms with Gasteiger partial charge in [-0.15, -0.1) is 10.2 Å². The standard InChI is InChI=1S/C21H21F3N4O3S/c1-3-30-16-9-7-15(8-10-16)25-19(29)13-32-20-27-26-18(28(20)2)12-31-17-6-4-5-14(11-17)21(22,23)24/h4-11H,3,12-13H2,1-2H3,(H,25,29). The zero-order valence-corrected chi connectivity index (χ0v) is 18.2. The summed E-state index contributed by atoms with van der Waals surface area (Å²) >= 11 is 1.18. The quantitative estimate of drug-likeness (QED) is 0.467. The molecule has 0 aliphatic carbocycles. The van der Waals surface area contributed by atoms with Gasteiger partial charge in [0.15, 0.2) is 11.0 Å². The predicted molar refractivity (Wildman–Crippen MR) is 114 cm³/mol. The summed E-state index contributed by atoms with van der Waals surface area (Å²) in [4.78, 5) is 12.2. The van der Waals surface area contributed by atoms with E-state index in [1.807, 2.05) is 6.92 Å². The number of benzene rings is 2. The lowest BCUT2D eigenvalue weighted by molar-refractivity contribution is -0.137. The second-order valence-electron chi connectivity index (χ2n) is 6.57. The molecule has 7 nitrogen and oxygen atoms in total. The van der Waals surface area contributed by atoms with Gasteiger partial charge in [-0.25, -0.2) is 0 Å². The van der Waals surface area contributed by atoms with Crippen LogP contribution >= 0.6 is 11.8 Å². The predicted octanol–water partition coefficient (Wildman–Crippen LogP) is 4.54. The highest BCUT2D eigenvalue weighted by atomic mass is 32.2. The Morgan fingerprint density at radius 1 is 1.09 bits per heavy atom. The number of amides is 1. The van der Waals surface area contributed by atoms with E-state index in [9.17, 15) is 18.0 Å². The molecule has 0 unspecified atom stereocenters. The molecule has 0 radical (unpaired) electrons. The largest absolute Gasteiger partial charge is 0.494 e. The molecule has 2 aromatic carbocycles. The Balaban J connectivity index is 1.52. The molecular formula is C21H21F3N4O3S. The Hall–Kier alpha value is -3.21. The van der Waals surface area contributed by atoms with Crippen molar-refractivity contribution in [3.05, 3.63) is 59.9 Å². The average Bonchev–Trinajstić information content (AvgIpc) is 3.11. The summed E-state index contributed by atoms with van der Waals surface area (Å²) in [6.45, 7) is 2.39. The van der Waals surface area contributed by atoms with Crippen molar-refractivity contribution < 1.29 is 27.4 Å². The summed E-state index contributed by atoms with van der Waals surface area (Å²) in [5.41, 5.74) is -0.144. The van der Waals surface area contributed by atoms with E-state index in [4.69, 9.17) is 9.47 Å². The van der Waals surface area contributed by atoms with Crippen molar-refractivity contribution in [3.63, 3.8) is 0 Å². The lowest BCUT2D eigenvalue weighted by atomic mass is 10.2. The topological polar surface area (TPSA) is 78.3 Å². The molecule has 0 aliphatic heterocycles. The minimum absolute atomic E-state index is 0.0657. The molecule has 0 saturated carbocycles. The van der Waals surface area contributed by atoms with Crippen molar-refractivity contribution in [2.75, 3.05) is 17.7 Å². The van der Waals surface area contributed by atoms with Crippen LogP contribution in [0, 0.1) is 0 Å². The number of halogens is 3. The number of aromatic nitrogens is 3. The number of rotatable bonds is 9. The van der Waals surface area contributed by atoms with Crippen molar-refractivity contribution in [2.45, 2.75) is 24.9 Å². The third kappa shape index (κ3) is 6.39. The van der Waals surface area contributed by atoms with Crippen molar-refractivity contribution in [3.8, 4) is 11.5 Å². The van der Waals surface area contributed by atoms with Crippen molar-refractivity contribution in [1.29, 1.82) is 0 Å². The number of carbonyl (C=O) groups excluding carboxylic acids is 1.